The van der Waals surface area contributed by atoms with Crippen LogP contribution in [-0.2, 0) is 0 Å². The molecule has 0 radical (unpaired) electrons. The number of imidazole rings is 1. The van der Waals surface area contributed by atoms with Crippen LogP contribution in [0.2, 0.25) is 0 Å². The molecule has 0 amide bonds. The van der Waals surface area contributed by atoms with Crippen LogP contribution in [0.3, 0.4) is 0 Å². The summed E-state index contributed by atoms with van der Waals surface area (Å²) in [6, 6.07) is 6.27. The number of aromatic amines is 1. The van der Waals surface area contributed by atoms with Crippen molar-refractivity contribution in [3.63, 3.8) is 0 Å². The van der Waals surface area contributed by atoms with E-state index in [1.54, 1.807) is 24.5 Å². The normalized spacial score (nSPS) is 12.1. The summed E-state index contributed by atoms with van der Waals surface area (Å²) in [7, 11) is 0. The van der Waals surface area contributed by atoms with E-state index in [9.17, 15) is 4.79 Å². The molecule has 1 aromatic carbocycles. The van der Waals surface area contributed by atoms with Gasteiger partial charge in [0.25, 0.3) is 0 Å². The molecule has 0 spiro atoms. The summed E-state index contributed by atoms with van der Waals surface area (Å²) in [5.74, 6) is 0.391. The van der Waals surface area contributed by atoms with E-state index in [4.69, 9.17) is 9.84 Å². The zero-order chi connectivity index (χ0) is 12.3. The molecule has 0 aliphatic rings. The Hall–Kier alpha value is -2.30. The smallest absolute Gasteiger partial charge is 0.335 e. The molecular formula is C12H12N2O3. The number of rotatable bonds is 4. The largest absolute Gasteiger partial charge is 0.483 e. The monoisotopic (exact) mass is 232 g/mol. The Morgan fingerprint density at radius 3 is 2.65 bits per heavy atom. The number of nitrogens with zero attached hydrogens (tertiary/aromatic N) is 1. The Kier molecular flexibility index (Phi) is 3.09. The number of carboxylic acids is 1. The van der Waals surface area contributed by atoms with Crippen LogP contribution in [0.4, 0.5) is 0 Å². The average molecular weight is 232 g/mol. The highest BCUT2D eigenvalue weighted by atomic mass is 16.5. The molecule has 17 heavy (non-hydrogen) atoms. The van der Waals surface area contributed by atoms with Crippen LogP contribution in [0, 0.1) is 0 Å². The van der Waals surface area contributed by atoms with Crippen molar-refractivity contribution in [3.05, 3.63) is 48.0 Å². The fraction of sp³-hybridized carbons (Fsp3) is 0.167. The van der Waals surface area contributed by atoms with E-state index in [1.807, 2.05) is 6.92 Å². The third-order valence-corrected chi connectivity index (χ3v) is 2.32. The van der Waals surface area contributed by atoms with Crippen molar-refractivity contribution in [3.8, 4) is 5.75 Å². The lowest BCUT2D eigenvalue weighted by Crippen LogP contribution is -2.05. The van der Waals surface area contributed by atoms with E-state index in [2.05, 4.69) is 9.97 Å². The molecule has 2 rings (SSSR count). The molecule has 1 unspecified atom stereocenters. The number of benzene rings is 1. The summed E-state index contributed by atoms with van der Waals surface area (Å²) in [6.45, 7) is 1.87. The van der Waals surface area contributed by atoms with Gasteiger partial charge in [-0.05, 0) is 31.2 Å². The van der Waals surface area contributed by atoms with Crippen molar-refractivity contribution in [2.75, 3.05) is 0 Å². The van der Waals surface area contributed by atoms with Gasteiger partial charge >= 0.3 is 5.97 Å². The number of carboxylic acid groups (broad SMARTS) is 1. The second-order valence-corrected chi connectivity index (χ2v) is 3.56. The molecule has 0 aliphatic heterocycles. The van der Waals surface area contributed by atoms with Crippen LogP contribution in [0.25, 0.3) is 0 Å². The van der Waals surface area contributed by atoms with Crippen LogP contribution in [0.1, 0.15) is 29.2 Å². The number of hydrogen-bond acceptors (Lipinski definition) is 3. The summed E-state index contributed by atoms with van der Waals surface area (Å²) < 4.78 is 5.61. The summed E-state index contributed by atoms with van der Waals surface area (Å²) >= 11 is 0. The Morgan fingerprint density at radius 1 is 1.41 bits per heavy atom. The summed E-state index contributed by atoms with van der Waals surface area (Å²) in [6.07, 6.45) is 3.17. The van der Waals surface area contributed by atoms with Gasteiger partial charge in [0.15, 0.2) is 6.10 Å². The lowest BCUT2D eigenvalue weighted by molar-refractivity contribution is 0.0697. The Balaban J connectivity index is 2.06. The topological polar surface area (TPSA) is 75.2 Å². The third-order valence-electron chi connectivity index (χ3n) is 2.32. The maximum absolute atomic E-state index is 10.7. The first-order valence-electron chi connectivity index (χ1n) is 5.16. The zero-order valence-electron chi connectivity index (χ0n) is 9.25. The molecule has 0 fully saturated rings. The Morgan fingerprint density at radius 2 is 2.12 bits per heavy atom. The third kappa shape index (κ3) is 2.63. The molecule has 0 bridgehead atoms. The molecule has 1 heterocycles. The first-order valence-corrected chi connectivity index (χ1v) is 5.16. The minimum atomic E-state index is -0.948. The van der Waals surface area contributed by atoms with Crippen LogP contribution in [0.15, 0.2) is 36.7 Å². The Labute approximate surface area is 98.1 Å². The molecule has 1 aromatic heterocycles. The molecule has 0 saturated heterocycles. The van der Waals surface area contributed by atoms with Crippen molar-refractivity contribution in [2.45, 2.75) is 13.0 Å². The van der Waals surface area contributed by atoms with Gasteiger partial charge in [-0.25, -0.2) is 9.78 Å². The SMILES string of the molecule is CC(Oc1ccc(C(=O)O)cc1)c1ncc[nH]1. The quantitative estimate of drug-likeness (QED) is 0.847. The van der Waals surface area contributed by atoms with Crippen LogP contribution < -0.4 is 4.74 Å². The fourth-order valence-electron chi connectivity index (χ4n) is 1.44. The highest BCUT2D eigenvalue weighted by molar-refractivity contribution is 5.87. The molecule has 0 aliphatic carbocycles. The molecular weight excluding hydrogens is 220 g/mol. The summed E-state index contributed by atoms with van der Waals surface area (Å²) in [4.78, 5) is 17.7. The number of ether oxygens (including phenoxy) is 1. The van der Waals surface area contributed by atoms with Crippen LogP contribution >= 0.6 is 0 Å². The minimum absolute atomic E-state index is 0.208. The molecule has 5 nitrogen and oxygen atoms in total. The molecule has 5 heteroatoms. The van der Waals surface area contributed by atoms with Crippen molar-refractivity contribution in [1.82, 2.24) is 9.97 Å². The van der Waals surface area contributed by atoms with Crippen molar-refractivity contribution in [1.29, 1.82) is 0 Å². The first-order chi connectivity index (χ1) is 8.16. The van der Waals surface area contributed by atoms with Gasteiger partial charge in [-0.3, -0.25) is 0 Å². The molecule has 2 N–H and O–H groups in total. The fourth-order valence-corrected chi connectivity index (χ4v) is 1.44. The predicted octanol–water partition coefficient (Wildman–Crippen LogP) is 2.25. The van der Waals surface area contributed by atoms with Gasteiger partial charge in [-0.15, -0.1) is 0 Å². The second kappa shape index (κ2) is 4.69. The van der Waals surface area contributed by atoms with E-state index in [0.717, 1.165) is 5.82 Å². The van der Waals surface area contributed by atoms with Gasteiger partial charge < -0.3 is 14.8 Å². The lowest BCUT2D eigenvalue weighted by atomic mass is 10.2. The lowest BCUT2D eigenvalue weighted by Gasteiger charge is -2.12. The standard InChI is InChI=1S/C12H12N2O3/c1-8(11-13-6-7-14-11)17-10-4-2-9(3-5-10)12(15)16/h2-8H,1H3,(H,13,14)(H,15,16). The molecule has 1 atom stereocenters. The molecule has 0 saturated carbocycles. The maximum Gasteiger partial charge on any atom is 0.335 e. The highest BCUT2D eigenvalue weighted by Crippen LogP contribution is 2.19. The maximum atomic E-state index is 10.7. The number of H-pyrrole nitrogens is 1. The summed E-state index contributed by atoms with van der Waals surface area (Å²) in [5.41, 5.74) is 0.239. The van der Waals surface area contributed by atoms with Crippen LogP contribution in [-0.4, -0.2) is 21.0 Å². The molecule has 2 aromatic rings. The first kappa shape index (κ1) is 11.2. The van der Waals surface area contributed by atoms with E-state index in [1.165, 1.54) is 12.1 Å². The van der Waals surface area contributed by atoms with Crippen molar-refractivity contribution in [2.24, 2.45) is 0 Å². The number of aromatic carboxylic acids is 1. The molecule has 88 valence electrons. The van der Waals surface area contributed by atoms with Gasteiger partial charge in [0, 0.05) is 12.4 Å². The number of carbonyl (C=O) groups is 1. The van der Waals surface area contributed by atoms with E-state index < -0.39 is 5.97 Å². The van der Waals surface area contributed by atoms with Gasteiger partial charge in [-0.2, -0.15) is 0 Å². The predicted molar refractivity (Wildman–Crippen MR) is 61.0 cm³/mol. The number of aromatic nitrogens is 2. The zero-order valence-corrected chi connectivity index (χ0v) is 9.25. The van der Waals surface area contributed by atoms with Gasteiger partial charge in [0.05, 0.1) is 5.56 Å². The van der Waals surface area contributed by atoms with E-state index in [0.29, 0.717) is 5.75 Å². The highest BCUT2D eigenvalue weighted by Gasteiger charge is 2.09. The van der Waals surface area contributed by atoms with Crippen molar-refractivity contribution < 1.29 is 14.6 Å². The van der Waals surface area contributed by atoms with E-state index in [-0.39, 0.29) is 11.7 Å². The van der Waals surface area contributed by atoms with Gasteiger partial charge in [0.2, 0.25) is 0 Å². The Bertz CT molecular complexity index is 491. The second-order valence-electron chi connectivity index (χ2n) is 3.56. The summed E-state index contributed by atoms with van der Waals surface area (Å²) in [5, 5.41) is 8.75. The average Bonchev–Trinajstić information content (AvgIpc) is 2.83. The number of hydrogen-bond donors (Lipinski definition) is 2. The number of nitrogens with one attached hydrogen (secondary N) is 1. The van der Waals surface area contributed by atoms with Gasteiger partial charge in [0.1, 0.15) is 11.6 Å². The van der Waals surface area contributed by atoms with Crippen LogP contribution in [0.5, 0.6) is 5.75 Å². The van der Waals surface area contributed by atoms with Crippen molar-refractivity contribution >= 4 is 5.97 Å². The minimum Gasteiger partial charge on any atom is -0.483 e. The van der Waals surface area contributed by atoms with Gasteiger partial charge in [-0.1, -0.05) is 0 Å². The van der Waals surface area contributed by atoms with E-state index >= 15 is 0 Å².